The van der Waals surface area contributed by atoms with Gasteiger partial charge < -0.3 is 23.3 Å². The summed E-state index contributed by atoms with van der Waals surface area (Å²) in [5.74, 6) is 2.55. The van der Waals surface area contributed by atoms with E-state index in [1.165, 1.54) is 0 Å². The second-order valence-corrected chi connectivity index (χ2v) is 5.78. The van der Waals surface area contributed by atoms with Gasteiger partial charge >= 0.3 is 0 Å². The second kappa shape index (κ2) is 8.81. The van der Waals surface area contributed by atoms with Crippen molar-refractivity contribution in [3.8, 4) is 23.0 Å². The van der Waals surface area contributed by atoms with Crippen LogP contribution >= 0.6 is 0 Å². The number of pyridine rings is 1. The normalized spacial score (nSPS) is 10.3. The zero-order chi connectivity index (χ0) is 18.8. The smallest absolute Gasteiger partial charge is 0.203 e. The van der Waals surface area contributed by atoms with E-state index in [2.05, 4.69) is 12.6 Å². The van der Waals surface area contributed by atoms with Crippen LogP contribution in [0, 0.1) is 13.0 Å². The van der Waals surface area contributed by atoms with Gasteiger partial charge in [0.15, 0.2) is 11.5 Å². The first-order chi connectivity index (χ1) is 12.5. The molecular formula is C21H22NO4Y-. The van der Waals surface area contributed by atoms with Crippen molar-refractivity contribution in [1.29, 1.82) is 0 Å². The molecule has 139 valence electrons. The van der Waals surface area contributed by atoms with Crippen LogP contribution in [0.3, 0.4) is 0 Å². The molecule has 3 aromatic rings. The van der Waals surface area contributed by atoms with E-state index in [9.17, 15) is 0 Å². The topological polar surface area (TPSA) is 41.3 Å². The van der Waals surface area contributed by atoms with Gasteiger partial charge in [-0.2, -0.15) is 11.6 Å². The van der Waals surface area contributed by atoms with Crippen molar-refractivity contribution in [2.24, 2.45) is 0 Å². The van der Waals surface area contributed by atoms with Gasteiger partial charge in [0, 0.05) is 38.4 Å². The zero-order valence-electron chi connectivity index (χ0n) is 16.3. The van der Waals surface area contributed by atoms with Crippen LogP contribution in [0.5, 0.6) is 23.0 Å². The second-order valence-electron chi connectivity index (χ2n) is 5.78. The molecule has 3 rings (SSSR count). The third-order valence-corrected chi connectivity index (χ3v) is 4.50. The largest absolute Gasteiger partial charge is 0.495 e. The number of aryl methyl sites for hydroxylation is 1. The zero-order valence-corrected chi connectivity index (χ0v) is 19.1. The Kier molecular flexibility index (Phi) is 6.96. The van der Waals surface area contributed by atoms with E-state index in [0.29, 0.717) is 17.2 Å². The summed E-state index contributed by atoms with van der Waals surface area (Å²) in [6.07, 6.45) is 1.89. The number of aromatic nitrogens is 1. The number of hydrogen-bond acceptors (Lipinski definition) is 4. The summed E-state index contributed by atoms with van der Waals surface area (Å²) in [4.78, 5) is 0. The summed E-state index contributed by atoms with van der Waals surface area (Å²) in [6.45, 7) is 6.27. The van der Waals surface area contributed by atoms with Gasteiger partial charge in [-0.15, -0.1) is 12.2 Å². The third kappa shape index (κ3) is 3.71. The van der Waals surface area contributed by atoms with E-state index in [1.807, 2.05) is 41.8 Å². The van der Waals surface area contributed by atoms with Crippen molar-refractivity contribution in [3.63, 3.8) is 0 Å². The van der Waals surface area contributed by atoms with Crippen LogP contribution in [0.25, 0.3) is 11.1 Å². The van der Waals surface area contributed by atoms with Gasteiger partial charge in [0.25, 0.3) is 0 Å². The number of ether oxygens (including phenoxy) is 4. The van der Waals surface area contributed by atoms with Gasteiger partial charge in [-0.05, 0) is 25.1 Å². The minimum Gasteiger partial charge on any atom is -0.495 e. The van der Waals surface area contributed by atoms with Gasteiger partial charge in [0.2, 0.25) is 5.75 Å². The van der Waals surface area contributed by atoms with Crippen molar-refractivity contribution >= 4 is 11.1 Å². The molecule has 0 fully saturated rings. The van der Waals surface area contributed by atoms with Crippen molar-refractivity contribution in [3.05, 3.63) is 59.9 Å². The summed E-state index contributed by atoms with van der Waals surface area (Å²) < 4.78 is 23.7. The molecule has 2 heterocycles. The number of methoxy groups -OCH3 is 4. The number of nitrogens with zero attached hydrogens (tertiary/aromatic N) is 1. The molecule has 0 bridgehead atoms. The molecule has 0 aliphatic carbocycles. The molecule has 27 heavy (non-hydrogen) atoms. The predicted octanol–water partition coefficient (Wildman–Crippen LogP) is 4.14. The molecule has 5 nitrogen and oxygen atoms in total. The van der Waals surface area contributed by atoms with E-state index < -0.39 is 0 Å². The maximum Gasteiger partial charge on any atom is 0.203 e. The van der Waals surface area contributed by atoms with Crippen LogP contribution < -0.4 is 18.9 Å². The fourth-order valence-electron chi connectivity index (χ4n) is 3.09. The predicted molar refractivity (Wildman–Crippen MR) is 102 cm³/mol. The first kappa shape index (κ1) is 21.3. The molecule has 0 saturated carbocycles. The van der Waals surface area contributed by atoms with E-state index >= 15 is 0 Å². The van der Waals surface area contributed by atoms with Gasteiger partial charge in [0.05, 0.1) is 28.4 Å². The monoisotopic (exact) mass is 441 g/mol. The number of fused-ring (bicyclic) bond motifs is 1. The number of benzene rings is 1. The Morgan fingerprint density at radius 1 is 0.926 bits per heavy atom. The van der Waals surface area contributed by atoms with Crippen molar-refractivity contribution in [2.45, 2.75) is 6.92 Å². The van der Waals surface area contributed by atoms with Crippen LogP contribution in [0.4, 0.5) is 0 Å². The Labute approximate surface area is 184 Å². The van der Waals surface area contributed by atoms with Gasteiger partial charge in [-0.3, -0.25) is 0 Å². The summed E-state index contributed by atoms with van der Waals surface area (Å²) >= 11 is 0. The summed E-state index contributed by atoms with van der Waals surface area (Å²) in [7, 11) is 6.44. The molecule has 0 unspecified atom stereocenters. The van der Waals surface area contributed by atoms with Crippen molar-refractivity contribution < 1.29 is 51.7 Å². The third-order valence-electron chi connectivity index (χ3n) is 4.50. The van der Waals surface area contributed by atoms with E-state index in [-0.39, 0.29) is 32.7 Å². The maximum atomic E-state index is 5.45. The molecule has 0 saturated heterocycles. The molecule has 0 aliphatic rings. The first-order valence-electron chi connectivity index (χ1n) is 8.11. The summed E-state index contributed by atoms with van der Waals surface area (Å²) in [5, 5.41) is 0. The van der Waals surface area contributed by atoms with E-state index in [0.717, 1.165) is 33.7 Å². The fourth-order valence-corrected chi connectivity index (χ4v) is 3.09. The summed E-state index contributed by atoms with van der Waals surface area (Å²) in [5.41, 5.74) is 4.60. The van der Waals surface area contributed by atoms with Gasteiger partial charge in [-0.1, -0.05) is 23.3 Å². The Morgan fingerprint density at radius 3 is 2.04 bits per heavy atom. The molecule has 0 aliphatic heterocycles. The first-order valence-corrected chi connectivity index (χ1v) is 8.11. The van der Waals surface area contributed by atoms with Gasteiger partial charge in [0.1, 0.15) is 5.75 Å². The van der Waals surface area contributed by atoms with Crippen LogP contribution in [0.1, 0.15) is 16.8 Å². The molecule has 0 atom stereocenters. The molecule has 1 radical (unpaired) electrons. The molecule has 0 spiro atoms. The van der Waals surface area contributed by atoms with Crippen LogP contribution in [0.2, 0.25) is 0 Å². The minimum absolute atomic E-state index is 0. The molecule has 0 amide bonds. The Morgan fingerprint density at radius 2 is 1.52 bits per heavy atom. The Hall–Kier alpha value is -1.98. The SMILES string of the molecule is C=C(c1cc(OC)c(OC)c(OC)c1)c1[c-]cn2c(C)c(OC)ccc12.[Y]. The van der Waals surface area contributed by atoms with Crippen LogP contribution in [-0.2, 0) is 32.7 Å². The number of hydrogen-bond donors (Lipinski definition) is 0. The Bertz CT molecular complexity index is 953. The Balaban J connectivity index is 0.00000261. The molecule has 1 aromatic carbocycles. The standard InChI is InChI=1S/C21H22NO4.Y/c1-13(15-11-19(24-4)21(26-6)20(12-15)25-5)16-9-10-22-14(2)18(23-3)8-7-17(16)22;/h7-8,10-12H,1H2,2-6H3;/q-1;. The average Bonchev–Trinajstić information content (AvgIpc) is 3.11. The van der Waals surface area contributed by atoms with E-state index in [4.69, 9.17) is 18.9 Å². The van der Waals surface area contributed by atoms with Crippen LogP contribution in [0.15, 0.2) is 37.0 Å². The average molecular weight is 441 g/mol. The van der Waals surface area contributed by atoms with Crippen molar-refractivity contribution in [1.82, 2.24) is 4.40 Å². The fraction of sp³-hybridized carbons (Fsp3) is 0.238. The van der Waals surface area contributed by atoms with Crippen LogP contribution in [-0.4, -0.2) is 32.8 Å². The summed E-state index contributed by atoms with van der Waals surface area (Å²) in [6, 6.07) is 11.0. The molecular weight excluding hydrogens is 419 g/mol. The molecule has 6 heteroatoms. The van der Waals surface area contributed by atoms with Gasteiger partial charge in [-0.25, -0.2) is 0 Å². The minimum atomic E-state index is 0. The molecule has 0 N–H and O–H groups in total. The maximum absolute atomic E-state index is 5.45. The van der Waals surface area contributed by atoms with E-state index in [1.54, 1.807) is 28.4 Å². The molecule has 2 aromatic heterocycles. The number of rotatable bonds is 6. The van der Waals surface area contributed by atoms with Crippen molar-refractivity contribution in [2.75, 3.05) is 28.4 Å². The quantitative estimate of drug-likeness (QED) is 0.540.